The van der Waals surface area contributed by atoms with Crippen LogP contribution in [0.4, 0.5) is 10.1 Å². The summed E-state index contributed by atoms with van der Waals surface area (Å²) in [6.45, 7) is 0. The van der Waals surface area contributed by atoms with Crippen molar-refractivity contribution in [1.82, 2.24) is 14.8 Å². The molecule has 2 rings (SSSR count). The zero-order valence-corrected chi connectivity index (χ0v) is 10.8. The normalized spacial score (nSPS) is 11.6. The number of primary sulfonamides is 1. The molecule has 20 heavy (non-hydrogen) atoms. The molecule has 106 valence electrons. The monoisotopic (exact) mass is 301 g/mol. The molecule has 0 bridgehead atoms. The van der Waals surface area contributed by atoms with Gasteiger partial charge in [-0.1, -0.05) is 0 Å². The van der Waals surface area contributed by atoms with Crippen molar-refractivity contribution in [3.8, 4) is 11.4 Å². The van der Waals surface area contributed by atoms with E-state index in [1.165, 1.54) is 7.05 Å². The Balaban J connectivity index is 2.64. The van der Waals surface area contributed by atoms with Crippen LogP contribution in [0.2, 0.25) is 0 Å². The van der Waals surface area contributed by atoms with Crippen molar-refractivity contribution < 1.29 is 17.7 Å². The fourth-order valence-electron chi connectivity index (χ4n) is 1.62. The van der Waals surface area contributed by atoms with Crippen LogP contribution in [0.1, 0.15) is 0 Å². The molecule has 1 aromatic heterocycles. The number of sulfonamides is 1. The quantitative estimate of drug-likeness (QED) is 0.634. The van der Waals surface area contributed by atoms with Crippen molar-refractivity contribution in [3.05, 3.63) is 34.1 Å². The van der Waals surface area contributed by atoms with E-state index in [2.05, 4.69) is 10.2 Å². The van der Waals surface area contributed by atoms with Crippen molar-refractivity contribution in [1.29, 1.82) is 0 Å². The summed E-state index contributed by atoms with van der Waals surface area (Å²) >= 11 is 0. The highest BCUT2D eigenvalue weighted by Gasteiger charge is 2.21. The Morgan fingerprint density at radius 1 is 1.35 bits per heavy atom. The molecule has 0 aliphatic carbocycles. The maximum atomic E-state index is 13.3. The third kappa shape index (κ3) is 2.48. The Labute approximate surface area is 112 Å². The largest absolute Gasteiger partial charge is 0.300 e. The predicted octanol–water partition coefficient (Wildman–Crippen LogP) is 0.177. The van der Waals surface area contributed by atoms with E-state index >= 15 is 0 Å². The fourth-order valence-corrected chi connectivity index (χ4v) is 2.25. The Morgan fingerprint density at radius 3 is 2.50 bits per heavy atom. The minimum absolute atomic E-state index is 0.0154. The minimum atomic E-state index is -4.10. The second-order valence-electron chi connectivity index (χ2n) is 3.87. The van der Waals surface area contributed by atoms with Crippen LogP contribution in [-0.4, -0.2) is 28.1 Å². The maximum absolute atomic E-state index is 13.3. The van der Waals surface area contributed by atoms with Crippen LogP contribution >= 0.6 is 0 Å². The zero-order chi connectivity index (χ0) is 15.1. The highest BCUT2D eigenvalue weighted by atomic mass is 32.2. The second kappa shape index (κ2) is 4.61. The smallest absolute Gasteiger partial charge is 0.273 e. The average Bonchev–Trinajstić information content (AvgIpc) is 2.69. The molecule has 1 aromatic carbocycles. The van der Waals surface area contributed by atoms with Gasteiger partial charge in [0.05, 0.1) is 11.0 Å². The molecular weight excluding hydrogens is 293 g/mol. The van der Waals surface area contributed by atoms with Gasteiger partial charge in [-0.15, -0.1) is 10.2 Å². The van der Waals surface area contributed by atoms with Gasteiger partial charge in [0.25, 0.3) is 20.9 Å². The number of benzene rings is 1. The van der Waals surface area contributed by atoms with Crippen molar-refractivity contribution in [2.75, 3.05) is 0 Å². The van der Waals surface area contributed by atoms with Crippen molar-refractivity contribution in [3.63, 3.8) is 0 Å². The standard InChI is InChI=1S/C9H8FN5O4S/c1-14-8(12-13-9(14)20(11,18)19)5-2-6(10)4-7(3-5)15(16)17/h2-4H,1H3,(H2,11,18,19). The maximum Gasteiger partial charge on any atom is 0.273 e. The van der Waals surface area contributed by atoms with Gasteiger partial charge in [-0.05, 0) is 6.07 Å². The Hall–Kier alpha value is -2.40. The predicted molar refractivity (Wildman–Crippen MR) is 64.4 cm³/mol. The van der Waals surface area contributed by atoms with E-state index in [4.69, 9.17) is 5.14 Å². The van der Waals surface area contributed by atoms with Crippen molar-refractivity contribution in [2.24, 2.45) is 12.2 Å². The molecule has 0 spiro atoms. The third-order valence-corrected chi connectivity index (χ3v) is 3.31. The van der Waals surface area contributed by atoms with Gasteiger partial charge < -0.3 is 0 Å². The summed E-state index contributed by atoms with van der Waals surface area (Å²) in [5.41, 5.74) is -0.471. The summed E-state index contributed by atoms with van der Waals surface area (Å²) in [5, 5.41) is 22.0. The fraction of sp³-hybridized carbons (Fsp3) is 0.111. The summed E-state index contributed by atoms with van der Waals surface area (Å²) in [6.07, 6.45) is 0. The molecule has 0 unspecified atom stereocenters. The number of hydrogen-bond acceptors (Lipinski definition) is 6. The number of nitro groups is 1. The number of aromatic nitrogens is 3. The minimum Gasteiger partial charge on any atom is -0.300 e. The molecule has 0 radical (unpaired) electrons. The van der Waals surface area contributed by atoms with E-state index < -0.39 is 31.6 Å². The Bertz CT molecular complexity index is 801. The second-order valence-corrected chi connectivity index (χ2v) is 5.32. The molecule has 9 nitrogen and oxygen atoms in total. The van der Waals surface area contributed by atoms with Gasteiger partial charge in [0.1, 0.15) is 5.82 Å². The Morgan fingerprint density at radius 2 is 2.00 bits per heavy atom. The van der Waals surface area contributed by atoms with E-state index in [-0.39, 0.29) is 11.4 Å². The first-order chi connectivity index (χ1) is 9.20. The highest BCUT2D eigenvalue weighted by Crippen LogP contribution is 2.24. The number of non-ortho nitro benzene ring substituents is 1. The van der Waals surface area contributed by atoms with Gasteiger partial charge in [-0.25, -0.2) is 17.9 Å². The molecule has 0 aliphatic heterocycles. The molecule has 1 heterocycles. The number of rotatable bonds is 3. The van der Waals surface area contributed by atoms with Crippen LogP contribution < -0.4 is 5.14 Å². The summed E-state index contributed by atoms with van der Waals surface area (Å²) in [4.78, 5) is 9.89. The number of nitrogens with zero attached hydrogens (tertiary/aromatic N) is 4. The lowest BCUT2D eigenvalue weighted by molar-refractivity contribution is -0.385. The van der Waals surface area contributed by atoms with Gasteiger partial charge in [0, 0.05) is 18.7 Å². The highest BCUT2D eigenvalue weighted by molar-refractivity contribution is 7.89. The number of halogens is 1. The first-order valence-corrected chi connectivity index (χ1v) is 6.62. The van der Waals surface area contributed by atoms with E-state index in [1.807, 2.05) is 0 Å². The number of nitrogens with two attached hydrogens (primary N) is 1. The molecule has 2 N–H and O–H groups in total. The summed E-state index contributed by atoms with van der Waals surface area (Å²) in [5.74, 6) is -0.911. The zero-order valence-electron chi connectivity index (χ0n) is 10.0. The summed E-state index contributed by atoms with van der Waals surface area (Å²) in [7, 11) is -2.80. The topological polar surface area (TPSA) is 134 Å². The van der Waals surface area contributed by atoms with Gasteiger partial charge in [0.15, 0.2) is 5.82 Å². The molecule has 0 saturated carbocycles. The van der Waals surface area contributed by atoms with E-state index in [1.54, 1.807) is 0 Å². The molecule has 0 amide bonds. The molecule has 0 atom stereocenters. The van der Waals surface area contributed by atoms with Crippen LogP contribution in [0, 0.1) is 15.9 Å². The number of hydrogen-bond donors (Lipinski definition) is 1. The van der Waals surface area contributed by atoms with Crippen LogP contribution in [0.5, 0.6) is 0 Å². The van der Waals surface area contributed by atoms with Crippen LogP contribution in [0.25, 0.3) is 11.4 Å². The molecule has 0 saturated heterocycles. The lowest BCUT2D eigenvalue weighted by Crippen LogP contribution is -2.17. The van der Waals surface area contributed by atoms with E-state index in [0.717, 1.165) is 22.8 Å². The summed E-state index contributed by atoms with van der Waals surface area (Å²) < 4.78 is 36.8. The lowest BCUT2D eigenvalue weighted by Gasteiger charge is -2.03. The average molecular weight is 301 g/mol. The SMILES string of the molecule is Cn1c(-c2cc(F)cc([N+](=O)[O-])c2)nnc1S(N)(=O)=O. The lowest BCUT2D eigenvalue weighted by atomic mass is 10.2. The molecular formula is C9H8FN5O4S. The molecule has 11 heteroatoms. The molecule has 0 aliphatic rings. The van der Waals surface area contributed by atoms with Crippen LogP contribution in [0.15, 0.2) is 23.4 Å². The van der Waals surface area contributed by atoms with Crippen LogP contribution in [0.3, 0.4) is 0 Å². The van der Waals surface area contributed by atoms with Gasteiger partial charge in [0.2, 0.25) is 0 Å². The molecule has 2 aromatic rings. The van der Waals surface area contributed by atoms with Gasteiger partial charge in [-0.2, -0.15) is 0 Å². The third-order valence-electron chi connectivity index (χ3n) is 2.44. The van der Waals surface area contributed by atoms with Crippen LogP contribution in [-0.2, 0) is 17.1 Å². The Kier molecular flexibility index (Phi) is 3.23. The van der Waals surface area contributed by atoms with Gasteiger partial charge in [-0.3, -0.25) is 14.7 Å². The number of nitro benzene ring substituents is 1. The van der Waals surface area contributed by atoms with Crippen molar-refractivity contribution >= 4 is 15.7 Å². The van der Waals surface area contributed by atoms with E-state index in [9.17, 15) is 22.9 Å². The van der Waals surface area contributed by atoms with E-state index in [0.29, 0.717) is 0 Å². The van der Waals surface area contributed by atoms with Gasteiger partial charge >= 0.3 is 0 Å². The molecule has 0 fully saturated rings. The first kappa shape index (κ1) is 14.0. The first-order valence-electron chi connectivity index (χ1n) is 5.07. The van der Waals surface area contributed by atoms with Crippen molar-refractivity contribution in [2.45, 2.75) is 5.16 Å². The summed E-state index contributed by atoms with van der Waals surface area (Å²) in [6, 6.07) is 2.77.